The summed E-state index contributed by atoms with van der Waals surface area (Å²) in [5.74, 6) is 1.43. The van der Waals surface area contributed by atoms with Crippen LogP contribution in [0.5, 0.6) is 5.88 Å². The summed E-state index contributed by atoms with van der Waals surface area (Å²) < 4.78 is 0. The molecule has 2 aliphatic carbocycles. The summed E-state index contributed by atoms with van der Waals surface area (Å²) >= 11 is 0. The molecule has 0 N–H and O–H groups in total. The van der Waals surface area contributed by atoms with Crippen molar-refractivity contribution in [2.24, 2.45) is 5.41 Å². The second kappa shape index (κ2) is 13.5. The number of rotatable bonds is 6. The van der Waals surface area contributed by atoms with Crippen molar-refractivity contribution in [2.75, 3.05) is 4.90 Å². The summed E-state index contributed by atoms with van der Waals surface area (Å²) in [6, 6.07) is 41.8. The first-order chi connectivity index (χ1) is 24.8. The molecule has 0 bridgehead atoms. The van der Waals surface area contributed by atoms with Crippen LogP contribution in [-0.2, 0) is 33.9 Å². The summed E-state index contributed by atoms with van der Waals surface area (Å²) in [4.78, 5) is 19.2. The molecule has 260 valence electrons. The van der Waals surface area contributed by atoms with Crippen LogP contribution < -0.4 is 9.74 Å². The number of hydrogen-bond acceptors (Lipinski definition) is 5. The van der Waals surface area contributed by atoms with E-state index >= 15 is 0 Å². The van der Waals surface area contributed by atoms with E-state index in [0.29, 0.717) is 5.88 Å². The van der Waals surface area contributed by atoms with E-state index in [1.165, 1.54) is 61.5 Å². The van der Waals surface area contributed by atoms with E-state index in [1.807, 2.05) is 29.5 Å². The normalized spacial score (nSPS) is 15.5. The number of nitrogens with zero attached hydrogens (tertiary/aromatic N) is 4. The number of aromatic nitrogens is 2. The minimum Gasteiger partial charge on any atom is -0.458 e. The van der Waals surface area contributed by atoms with Gasteiger partial charge in [0.25, 0.3) is 0 Å². The van der Waals surface area contributed by atoms with Crippen molar-refractivity contribution >= 4 is 5.82 Å². The maximum absolute atomic E-state index is 6.90. The number of hydrogen-bond donors (Lipinski definition) is 0. The predicted octanol–water partition coefficient (Wildman–Crippen LogP) is 10.5. The zero-order valence-electron chi connectivity index (χ0n) is 29.9. The zero-order chi connectivity index (χ0) is 34.7. The van der Waals surface area contributed by atoms with Gasteiger partial charge in [0.2, 0.25) is 5.88 Å². The molecular weight excluding hydrogens is 820 g/mol. The smallest absolute Gasteiger partial charge is 0.458 e. The third kappa shape index (κ3) is 6.05. The summed E-state index contributed by atoms with van der Waals surface area (Å²) in [5, 5.41) is 1.97. The Bertz CT molecular complexity index is 2280. The fourth-order valence-corrected chi connectivity index (χ4v) is 8.68. The molecule has 3 aliphatic rings. The molecule has 0 amide bonds. The Morgan fingerprint density at radius 3 is 1.96 bits per heavy atom. The van der Waals surface area contributed by atoms with Crippen LogP contribution in [0.25, 0.3) is 33.5 Å². The summed E-state index contributed by atoms with van der Waals surface area (Å²) in [7, 11) is 0. The van der Waals surface area contributed by atoms with Crippen molar-refractivity contribution in [3.8, 4) is 39.4 Å². The monoisotopic (exact) mass is 859 g/mol. The molecule has 5 nitrogen and oxygen atoms in total. The van der Waals surface area contributed by atoms with Gasteiger partial charge in [-0.25, -0.2) is 4.98 Å². The van der Waals surface area contributed by atoms with Gasteiger partial charge in [-0.05, 0) is 132 Å². The van der Waals surface area contributed by atoms with Crippen LogP contribution in [0.2, 0.25) is 0 Å². The van der Waals surface area contributed by atoms with Gasteiger partial charge >= 0.3 is 21.1 Å². The van der Waals surface area contributed by atoms with E-state index in [0.717, 1.165) is 48.3 Å². The fourth-order valence-electron chi connectivity index (χ4n) is 8.68. The van der Waals surface area contributed by atoms with Crippen molar-refractivity contribution in [3.05, 3.63) is 173 Å². The first-order valence-electron chi connectivity index (χ1n) is 17.8. The Morgan fingerprint density at radius 1 is 0.673 bits per heavy atom. The van der Waals surface area contributed by atoms with Gasteiger partial charge in [-0.2, -0.15) is 0 Å². The van der Waals surface area contributed by atoms with Gasteiger partial charge in [-0.1, -0.05) is 66.7 Å². The number of pyridine rings is 2. The van der Waals surface area contributed by atoms with Crippen LogP contribution in [0.15, 0.2) is 127 Å². The average molecular weight is 860 g/mol. The quantitative estimate of drug-likeness (QED) is 0.156. The Morgan fingerprint density at radius 2 is 1.31 bits per heavy atom. The van der Waals surface area contributed by atoms with Gasteiger partial charge in [0.1, 0.15) is 5.82 Å². The minimum absolute atomic E-state index is 0. The fraction of sp³-hybridized carbons (Fsp3) is 0.196. The molecule has 6 heteroatoms. The van der Waals surface area contributed by atoms with Crippen molar-refractivity contribution in [2.45, 2.75) is 53.4 Å². The average Bonchev–Trinajstić information content (AvgIpc) is 3.79. The molecular formula is C46H40N4OPt. The molecule has 1 spiro atoms. The first-order valence-corrected chi connectivity index (χ1v) is 17.8. The molecule has 0 atom stereocenters. The molecule has 9 rings (SSSR count). The largest absolute Gasteiger partial charge is 2.00 e. The Labute approximate surface area is 321 Å². The molecule has 52 heavy (non-hydrogen) atoms. The van der Waals surface area contributed by atoms with Gasteiger partial charge in [0, 0.05) is 23.7 Å². The Balaban J connectivity index is 0.00000387. The molecule has 2 aromatic heterocycles. The number of hydroxylamine groups is 2. The number of aryl methyl sites for hydroxylation is 4. The summed E-state index contributed by atoms with van der Waals surface area (Å²) in [5.41, 5.74) is 16.8. The number of fused-ring (bicyclic) bond motifs is 1. The molecule has 0 fully saturated rings. The molecule has 1 aliphatic heterocycles. The van der Waals surface area contributed by atoms with Crippen LogP contribution >= 0.6 is 0 Å². The van der Waals surface area contributed by atoms with E-state index in [2.05, 4.69) is 136 Å². The van der Waals surface area contributed by atoms with Crippen LogP contribution in [0, 0.1) is 45.8 Å². The second-order valence-electron chi connectivity index (χ2n) is 14.6. The molecule has 3 heterocycles. The molecule has 0 radical (unpaired) electrons. The van der Waals surface area contributed by atoms with E-state index < -0.39 is 0 Å². The SMILES string of the molecule is Cc1cccc(C)c1-c1cc(ON2[CH-]N(c3cc(-c4c(C)cccc4C)ccn3)C3=C2CC2(C3)Cc3ccccc3C2)nc(-c2[c-]cccc2)c1.[Pt+2]. The van der Waals surface area contributed by atoms with Crippen molar-refractivity contribution in [1.29, 1.82) is 0 Å². The third-order valence-electron chi connectivity index (χ3n) is 11.0. The minimum atomic E-state index is 0. The Hall–Kier alpha value is -4.99. The maximum atomic E-state index is 6.90. The van der Waals surface area contributed by atoms with Crippen LogP contribution in [0.3, 0.4) is 0 Å². The molecule has 6 aromatic rings. The van der Waals surface area contributed by atoms with Gasteiger partial charge in [-0.3, -0.25) is 4.98 Å². The number of anilines is 1. The van der Waals surface area contributed by atoms with Gasteiger partial charge in [0.05, 0.1) is 0 Å². The van der Waals surface area contributed by atoms with E-state index in [1.54, 1.807) is 0 Å². The molecule has 0 saturated heterocycles. The molecule has 4 aromatic carbocycles. The second-order valence-corrected chi connectivity index (χ2v) is 14.6. The van der Waals surface area contributed by atoms with Gasteiger partial charge in [0.15, 0.2) is 0 Å². The number of allylic oxidation sites excluding steroid dienone is 2. The molecule has 0 unspecified atom stereocenters. The Kier molecular flexibility index (Phi) is 8.87. The third-order valence-corrected chi connectivity index (χ3v) is 11.0. The van der Waals surface area contributed by atoms with Crippen LogP contribution in [-0.4, -0.2) is 15.0 Å². The van der Waals surface area contributed by atoms with Crippen molar-refractivity contribution in [1.82, 2.24) is 15.0 Å². The summed E-state index contributed by atoms with van der Waals surface area (Å²) in [6.07, 6.45) is 5.91. The zero-order valence-corrected chi connectivity index (χ0v) is 32.2. The number of benzene rings is 4. The molecule has 0 saturated carbocycles. The predicted molar refractivity (Wildman–Crippen MR) is 204 cm³/mol. The van der Waals surface area contributed by atoms with E-state index in [9.17, 15) is 0 Å². The van der Waals surface area contributed by atoms with Crippen LogP contribution in [0.1, 0.15) is 46.2 Å². The maximum Gasteiger partial charge on any atom is 2.00 e. The topological polar surface area (TPSA) is 41.5 Å². The van der Waals surface area contributed by atoms with Crippen LogP contribution in [0.4, 0.5) is 5.82 Å². The van der Waals surface area contributed by atoms with E-state index in [-0.39, 0.29) is 26.5 Å². The van der Waals surface area contributed by atoms with Gasteiger partial charge < -0.3 is 14.8 Å². The first kappa shape index (κ1) is 34.1. The van der Waals surface area contributed by atoms with Gasteiger partial charge in [-0.15, -0.1) is 42.6 Å². The van der Waals surface area contributed by atoms with Crippen molar-refractivity contribution in [3.63, 3.8) is 0 Å². The summed E-state index contributed by atoms with van der Waals surface area (Å²) in [6.45, 7) is 10.8. The van der Waals surface area contributed by atoms with E-state index in [4.69, 9.17) is 14.8 Å². The standard InChI is InChI=1S/C46H40N4O.Pt/c1-30-12-10-13-31(2)44(30)35-20-21-47-42(23-35)49-29-50(41-28-46(27-40(41)49)25-36-18-8-9-19-37(36)26-46)51-43-24-38(45-32(3)14-11-15-33(45)4)22-39(48-43)34-16-6-5-7-17-34;/h5-16,18-24,29H,25-28H2,1-4H3;/q-2;+2. The van der Waals surface area contributed by atoms with Crippen molar-refractivity contribution < 1.29 is 25.9 Å².